The lowest BCUT2D eigenvalue weighted by molar-refractivity contribution is 0.0697. The van der Waals surface area contributed by atoms with Crippen LogP contribution in [0.4, 0.5) is 0 Å². The van der Waals surface area contributed by atoms with E-state index in [0.717, 1.165) is 18.5 Å². The summed E-state index contributed by atoms with van der Waals surface area (Å²) < 4.78 is 10.7. The summed E-state index contributed by atoms with van der Waals surface area (Å²) in [7, 11) is 0. The van der Waals surface area contributed by atoms with Crippen molar-refractivity contribution < 1.29 is 13.8 Å². The molecule has 1 fully saturated rings. The van der Waals surface area contributed by atoms with Crippen molar-refractivity contribution >= 4 is 17.0 Å². The Bertz CT molecular complexity index is 991. The number of aryl methyl sites for hydroxylation is 2. The van der Waals surface area contributed by atoms with Gasteiger partial charge >= 0.3 is 0 Å². The summed E-state index contributed by atoms with van der Waals surface area (Å²) in [4.78, 5) is 24.0. The Hall–Kier alpha value is -2.77. The molecule has 1 aliphatic heterocycles. The molecule has 0 aromatic carbocycles. The number of likely N-dealkylation sites (tertiary alicyclic amines) is 1. The van der Waals surface area contributed by atoms with Crippen LogP contribution in [0, 0.1) is 13.8 Å². The first-order valence-corrected chi connectivity index (χ1v) is 9.30. The maximum Gasteiger partial charge on any atom is 0.258 e. The first-order valence-electron chi connectivity index (χ1n) is 9.30. The topological polar surface area (TPSA) is 98.2 Å². The number of hydrogen-bond donors (Lipinski definition) is 0. The molecule has 0 unspecified atom stereocenters. The van der Waals surface area contributed by atoms with Crippen molar-refractivity contribution in [2.75, 3.05) is 13.1 Å². The van der Waals surface area contributed by atoms with Gasteiger partial charge in [-0.3, -0.25) is 4.79 Å². The Morgan fingerprint density at radius 1 is 1.22 bits per heavy atom. The fourth-order valence-electron chi connectivity index (χ4n) is 3.57. The predicted molar refractivity (Wildman–Crippen MR) is 97.5 cm³/mol. The van der Waals surface area contributed by atoms with E-state index in [9.17, 15) is 4.79 Å². The quantitative estimate of drug-likeness (QED) is 0.698. The van der Waals surface area contributed by atoms with E-state index in [1.54, 1.807) is 0 Å². The van der Waals surface area contributed by atoms with Crippen LogP contribution in [-0.4, -0.2) is 44.2 Å². The summed E-state index contributed by atoms with van der Waals surface area (Å²) in [5.41, 5.74) is 2.40. The van der Waals surface area contributed by atoms with E-state index in [2.05, 4.69) is 20.3 Å². The van der Waals surface area contributed by atoms with Crippen molar-refractivity contribution in [3.63, 3.8) is 0 Å². The van der Waals surface area contributed by atoms with Gasteiger partial charge in [0.05, 0.1) is 22.6 Å². The first-order chi connectivity index (χ1) is 12.9. The third-order valence-corrected chi connectivity index (χ3v) is 5.01. The zero-order valence-electron chi connectivity index (χ0n) is 16.0. The number of fused-ring (bicyclic) bond motifs is 1. The van der Waals surface area contributed by atoms with Gasteiger partial charge in [0.1, 0.15) is 0 Å². The molecule has 1 aliphatic rings. The Balaban J connectivity index is 1.61. The molecule has 27 heavy (non-hydrogen) atoms. The standard InChI is InChI=1S/C19H23N5O3/c1-10(2)16-21-17(26-23-16)13-6-5-7-24(9-13)19(25)14-8-11(3)20-18-15(14)12(4)22-27-18/h8,10,13H,5-7,9H2,1-4H3/t13-/m0/s1. The SMILES string of the molecule is Cc1cc(C(=O)N2CCC[C@H](c3nc(C(C)C)no3)C2)c2c(C)noc2n1. The van der Waals surface area contributed by atoms with E-state index in [0.29, 0.717) is 47.2 Å². The lowest BCUT2D eigenvalue weighted by atomic mass is 9.96. The molecule has 0 radical (unpaired) electrons. The number of rotatable bonds is 3. The predicted octanol–water partition coefficient (Wildman–Crippen LogP) is 3.37. The van der Waals surface area contributed by atoms with Gasteiger partial charge in [-0.15, -0.1) is 0 Å². The summed E-state index contributed by atoms with van der Waals surface area (Å²) in [6.07, 6.45) is 1.83. The normalized spacial score (nSPS) is 17.8. The van der Waals surface area contributed by atoms with Gasteiger partial charge in [0.2, 0.25) is 5.89 Å². The van der Waals surface area contributed by atoms with E-state index in [4.69, 9.17) is 9.05 Å². The van der Waals surface area contributed by atoms with Crippen LogP contribution >= 0.6 is 0 Å². The fourth-order valence-corrected chi connectivity index (χ4v) is 3.57. The summed E-state index contributed by atoms with van der Waals surface area (Å²) in [6.45, 7) is 9.00. The van der Waals surface area contributed by atoms with Crippen LogP contribution in [0.15, 0.2) is 15.1 Å². The van der Waals surface area contributed by atoms with Crippen LogP contribution in [-0.2, 0) is 0 Å². The van der Waals surface area contributed by atoms with E-state index in [1.807, 2.05) is 38.7 Å². The third-order valence-electron chi connectivity index (χ3n) is 5.01. The number of amides is 1. The zero-order chi connectivity index (χ0) is 19.1. The molecule has 1 amide bonds. The Kier molecular flexibility index (Phi) is 4.41. The lowest BCUT2D eigenvalue weighted by Gasteiger charge is -2.31. The molecule has 0 bridgehead atoms. The number of carbonyl (C=O) groups excluding carboxylic acids is 1. The number of nitrogens with zero attached hydrogens (tertiary/aromatic N) is 5. The number of aromatic nitrogens is 4. The lowest BCUT2D eigenvalue weighted by Crippen LogP contribution is -2.39. The van der Waals surface area contributed by atoms with E-state index >= 15 is 0 Å². The van der Waals surface area contributed by atoms with E-state index in [1.165, 1.54) is 0 Å². The number of piperidine rings is 1. The van der Waals surface area contributed by atoms with Crippen LogP contribution in [0.3, 0.4) is 0 Å². The Labute approximate surface area is 156 Å². The molecular formula is C19H23N5O3. The van der Waals surface area contributed by atoms with Crippen LogP contribution < -0.4 is 0 Å². The van der Waals surface area contributed by atoms with Gasteiger partial charge in [-0.2, -0.15) is 4.98 Å². The smallest absolute Gasteiger partial charge is 0.258 e. The average molecular weight is 369 g/mol. The second-order valence-electron chi connectivity index (χ2n) is 7.50. The molecule has 0 saturated carbocycles. The van der Waals surface area contributed by atoms with Gasteiger partial charge in [-0.25, -0.2) is 4.98 Å². The minimum absolute atomic E-state index is 0.0369. The molecule has 0 aliphatic carbocycles. The second-order valence-corrected chi connectivity index (χ2v) is 7.50. The van der Waals surface area contributed by atoms with E-state index < -0.39 is 0 Å². The van der Waals surface area contributed by atoms with Crippen LogP contribution in [0.2, 0.25) is 0 Å². The highest BCUT2D eigenvalue weighted by Gasteiger charge is 2.31. The highest BCUT2D eigenvalue weighted by molar-refractivity contribution is 6.06. The summed E-state index contributed by atoms with van der Waals surface area (Å²) in [6, 6.07) is 1.81. The van der Waals surface area contributed by atoms with Crippen LogP contribution in [0.25, 0.3) is 11.1 Å². The van der Waals surface area contributed by atoms with Crippen molar-refractivity contribution in [2.45, 2.75) is 52.4 Å². The van der Waals surface area contributed by atoms with Gasteiger partial charge in [0, 0.05) is 24.7 Å². The molecular weight excluding hydrogens is 346 g/mol. The monoisotopic (exact) mass is 369 g/mol. The minimum Gasteiger partial charge on any atom is -0.339 e. The first kappa shape index (κ1) is 17.6. The van der Waals surface area contributed by atoms with Crippen molar-refractivity contribution in [3.05, 3.63) is 34.7 Å². The molecule has 142 valence electrons. The minimum atomic E-state index is -0.0369. The van der Waals surface area contributed by atoms with Gasteiger partial charge in [0.25, 0.3) is 11.6 Å². The van der Waals surface area contributed by atoms with E-state index in [-0.39, 0.29) is 17.7 Å². The second kappa shape index (κ2) is 6.75. The van der Waals surface area contributed by atoms with Crippen LogP contribution in [0.5, 0.6) is 0 Å². The maximum atomic E-state index is 13.3. The molecule has 8 heteroatoms. The summed E-state index contributed by atoms with van der Waals surface area (Å²) in [5, 5.41) is 8.71. The maximum absolute atomic E-state index is 13.3. The molecule has 0 N–H and O–H groups in total. The van der Waals surface area contributed by atoms with Crippen molar-refractivity contribution in [3.8, 4) is 0 Å². The Morgan fingerprint density at radius 2 is 2.04 bits per heavy atom. The van der Waals surface area contributed by atoms with Gasteiger partial charge < -0.3 is 13.9 Å². The number of pyridine rings is 1. The molecule has 1 atom stereocenters. The van der Waals surface area contributed by atoms with Crippen molar-refractivity contribution in [2.24, 2.45) is 0 Å². The van der Waals surface area contributed by atoms with Gasteiger partial charge in [-0.05, 0) is 32.8 Å². The average Bonchev–Trinajstić information content (AvgIpc) is 3.28. The van der Waals surface area contributed by atoms with Crippen molar-refractivity contribution in [1.29, 1.82) is 0 Å². The molecule has 3 aromatic heterocycles. The largest absolute Gasteiger partial charge is 0.339 e. The molecule has 4 heterocycles. The zero-order valence-corrected chi connectivity index (χ0v) is 16.0. The van der Waals surface area contributed by atoms with Gasteiger partial charge in [0.15, 0.2) is 5.82 Å². The molecule has 3 aromatic rings. The van der Waals surface area contributed by atoms with Gasteiger partial charge in [-0.1, -0.05) is 24.2 Å². The highest BCUT2D eigenvalue weighted by atomic mass is 16.5. The highest BCUT2D eigenvalue weighted by Crippen LogP contribution is 2.29. The fraction of sp³-hybridized carbons (Fsp3) is 0.526. The Morgan fingerprint density at radius 3 is 2.78 bits per heavy atom. The summed E-state index contributed by atoms with van der Waals surface area (Å²) in [5.74, 6) is 1.57. The molecule has 1 saturated heterocycles. The molecule has 8 nitrogen and oxygen atoms in total. The number of carbonyl (C=O) groups is 1. The number of hydrogen-bond acceptors (Lipinski definition) is 7. The van der Waals surface area contributed by atoms with Crippen LogP contribution in [0.1, 0.15) is 72.0 Å². The third kappa shape index (κ3) is 3.20. The summed E-state index contributed by atoms with van der Waals surface area (Å²) >= 11 is 0. The van der Waals surface area contributed by atoms with Crippen molar-refractivity contribution in [1.82, 2.24) is 25.2 Å². The molecule has 4 rings (SSSR count). The molecule has 0 spiro atoms.